The van der Waals surface area contributed by atoms with Crippen molar-refractivity contribution in [2.45, 2.75) is 31.7 Å². The van der Waals surface area contributed by atoms with E-state index in [-0.39, 0.29) is 11.8 Å². The van der Waals surface area contributed by atoms with E-state index >= 15 is 0 Å². The molecule has 0 radical (unpaired) electrons. The maximum atomic E-state index is 12.2. The number of H-pyrrole nitrogens is 1. The zero-order chi connectivity index (χ0) is 16.7. The fourth-order valence-electron chi connectivity index (χ4n) is 3.46. The van der Waals surface area contributed by atoms with Gasteiger partial charge in [-0.25, -0.2) is 4.98 Å². The summed E-state index contributed by atoms with van der Waals surface area (Å²) in [5.41, 5.74) is 2.50. The van der Waals surface area contributed by atoms with E-state index in [4.69, 9.17) is 11.6 Å². The fraction of sp³-hybridized carbons (Fsp3) is 0.529. The Labute approximate surface area is 146 Å². The summed E-state index contributed by atoms with van der Waals surface area (Å²) >= 11 is 6.52. The average molecular weight is 348 g/mol. The van der Waals surface area contributed by atoms with Crippen LogP contribution in [0.15, 0.2) is 12.4 Å². The summed E-state index contributed by atoms with van der Waals surface area (Å²) in [6, 6.07) is 0.446. The molecule has 2 aromatic heterocycles. The lowest BCUT2D eigenvalue weighted by molar-refractivity contribution is -0.117. The van der Waals surface area contributed by atoms with E-state index in [1.165, 1.54) is 0 Å². The molecular weight excluding hydrogens is 326 g/mol. The second-order valence-electron chi connectivity index (χ2n) is 6.72. The van der Waals surface area contributed by atoms with Crippen molar-refractivity contribution in [2.24, 2.45) is 5.92 Å². The number of carbonyl (C=O) groups is 1. The first-order valence-electron chi connectivity index (χ1n) is 8.56. The number of hydrogen-bond acceptors (Lipinski definition) is 4. The van der Waals surface area contributed by atoms with Gasteiger partial charge in [0.25, 0.3) is 0 Å². The van der Waals surface area contributed by atoms with Gasteiger partial charge in [-0.1, -0.05) is 11.6 Å². The number of halogens is 1. The van der Waals surface area contributed by atoms with E-state index in [0.717, 1.165) is 61.2 Å². The summed E-state index contributed by atoms with van der Waals surface area (Å²) in [6.07, 6.45) is 7.74. The SMILES string of the molecule is CNC1CCCN(c2c(Cl)cnc3[nH]cc(NC(=O)C4CC4)c23)C1. The maximum absolute atomic E-state index is 12.2. The average Bonchev–Trinajstić information content (AvgIpc) is 3.38. The van der Waals surface area contributed by atoms with Gasteiger partial charge in [0.05, 0.1) is 28.0 Å². The number of hydrogen-bond donors (Lipinski definition) is 3. The Hall–Kier alpha value is -1.79. The summed E-state index contributed by atoms with van der Waals surface area (Å²) in [5, 5.41) is 7.94. The van der Waals surface area contributed by atoms with E-state index < -0.39 is 0 Å². The van der Waals surface area contributed by atoms with E-state index in [1.54, 1.807) is 6.20 Å². The van der Waals surface area contributed by atoms with Gasteiger partial charge in [-0.15, -0.1) is 0 Å². The lowest BCUT2D eigenvalue weighted by Crippen LogP contribution is -2.44. The molecule has 0 aromatic carbocycles. The molecule has 3 heterocycles. The Morgan fingerprint density at radius 2 is 2.25 bits per heavy atom. The van der Waals surface area contributed by atoms with Crippen LogP contribution in [-0.4, -0.2) is 42.1 Å². The maximum Gasteiger partial charge on any atom is 0.227 e. The highest BCUT2D eigenvalue weighted by molar-refractivity contribution is 6.35. The van der Waals surface area contributed by atoms with Crippen LogP contribution >= 0.6 is 11.6 Å². The van der Waals surface area contributed by atoms with Crippen molar-refractivity contribution in [3.8, 4) is 0 Å². The Bertz CT molecular complexity index is 770. The smallest absolute Gasteiger partial charge is 0.227 e. The standard InChI is InChI=1S/C17H22ClN5O/c1-19-11-3-2-6-23(9-11)15-12(18)7-20-16-14(15)13(8-21-16)22-17(24)10-4-5-10/h7-8,10-11,19H,2-6,9H2,1H3,(H,20,21)(H,22,24). The van der Waals surface area contributed by atoms with Crippen molar-refractivity contribution < 1.29 is 4.79 Å². The molecule has 24 heavy (non-hydrogen) atoms. The van der Waals surface area contributed by atoms with Crippen LogP contribution in [0.25, 0.3) is 11.0 Å². The predicted molar refractivity (Wildman–Crippen MR) is 96.8 cm³/mol. The third kappa shape index (κ3) is 2.84. The highest BCUT2D eigenvalue weighted by Crippen LogP contribution is 2.39. The molecule has 1 atom stereocenters. The van der Waals surface area contributed by atoms with Crippen LogP contribution in [0.5, 0.6) is 0 Å². The van der Waals surface area contributed by atoms with Gasteiger partial charge in [0.1, 0.15) is 5.65 Å². The minimum absolute atomic E-state index is 0.0913. The molecule has 1 saturated carbocycles. The van der Waals surface area contributed by atoms with Crippen molar-refractivity contribution in [1.29, 1.82) is 0 Å². The molecule has 0 spiro atoms. The van der Waals surface area contributed by atoms with Gasteiger partial charge in [0, 0.05) is 31.2 Å². The number of carbonyl (C=O) groups excluding carboxylic acids is 1. The number of aromatic amines is 1. The number of likely N-dealkylation sites (N-methyl/N-ethyl adjacent to an activating group) is 1. The highest BCUT2D eigenvalue weighted by Gasteiger charge is 2.31. The molecule has 2 fully saturated rings. The van der Waals surface area contributed by atoms with Crippen LogP contribution in [0, 0.1) is 5.92 Å². The number of anilines is 2. The Kier molecular flexibility index (Phi) is 4.10. The zero-order valence-electron chi connectivity index (χ0n) is 13.7. The number of aromatic nitrogens is 2. The van der Waals surface area contributed by atoms with Gasteiger partial charge >= 0.3 is 0 Å². The predicted octanol–water partition coefficient (Wildman–Crippen LogP) is 2.75. The first kappa shape index (κ1) is 15.7. The number of fused-ring (bicyclic) bond motifs is 1. The van der Waals surface area contributed by atoms with Gasteiger partial charge in [0.2, 0.25) is 5.91 Å². The van der Waals surface area contributed by atoms with Gasteiger partial charge in [-0.05, 0) is 32.7 Å². The van der Waals surface area contributed by atoms with Crippen molar-refractivity contribution >= 4 is 39.9 Å². The number of nitrogens with zero attached hydrogens (tertiary/aromatic N) is 2. The van der Waals surface area contributed by atoms with Crippen molar-refractivity contribution in [3.63, 3.8) is 0 Å². The third-order valence-electron chi connectivity index (χ3n) is 4.98. The quantitative estimate of drug-likeness (QED) is 0.795. The topological polar surface area (TPSA) is 73.1 Å². The number of amides is 1. The molecule has 1 saturated heterocycles. The minimum atomic E-state index is 0.0913. The molecular formula is C17H22ClN5O. The van der Waals surface area contributed by atoms with Crippen molar-refractivity contribution in [1.82, 2.24) is 15.3 Å². The molecule has 4 rings (SSSR count). The summed E-state index contributed by atoms with van der Waals surface area (Å²) in [6.45, 7) is 1.86. The Morgan fingerprint density at radius 1 is 1.42 bits per heavy atom. The van der Waals surface area contributed by atoms with E-state index in [0.29, 0.717) is 11.1 Å². The highest BCUT2D eigenvalue weighted by atomic mass is 35.5. The van der Waals surface area contributed by atoms with Crippen molar-refractivity contribution in [3.05, 3.63) is 17.4 Å². The van der Waals surface area contributed by atoms with Crippen LogP contribution in [-0.2, 0) is 4.79 Å². The molecule has 6 nitrogen and oxygen atoms in total. The van der Waals surface area contributed by atoms with Gasteiger partial charge in [0.15, 0.2) is 0 Å². The van der Waals surface area contributed by atoms with Gasteiger partial charge in [-0.2, -0.15) is 0 Å². The lowest BCUT2D eigenvalue weighted by atomic mass is 10.0. The Morgan fingerprint density at radius 3 is 3.00 bits per heavy atom. The van der Waals surface area contributed by atoms with Crippen molar-refractivity contribution in [2.75, 3.05) is 30.4 Å². The summed E-state index contributed by atoms with van der Waals surface area (Å²) < 4.78 is 0. The summed E-state index contributed by atoms with van der Waals surface area (Å²) in [7, 11) is 2.00. The van der Waals surface area contributed by atoms with Gasteiger partial charge in [-0.3, -0.25) is 4.79 Å². The molecule has 2 aliphatic rings. The third-order valence-corrected chi connectivity index (χ3v) is 5.26. The van der Waals surface area contributed by atoms with E-state index in [1.807, 2.05) is 13.2 Å². The largest absolute Gasteiger partial charge is 0.368 e. The second-order valence-corrected chi connectivity index (χ2v) is 7.13. The number of piperidine rings is 1. The summed E-state index contributed by atoms with van der Waals surface area (Å²) in [4.78, 5) is 22.0. The van der Waals surface area contributed by atoms with E-state index in [2.05, 4.69) is 25.5 Å². The molecule has 1 unspecified atom stereocenters. The minimum Gasteiger partial charge on any atom is -0.368 e. The molecule has 1 amide bonds. The first-order chi connectivity index (χ1) is 11.7. The number of nitrogens with one attached hydrogen (secondary N) is 3. The van der Waals surface area contributed by atoms with Gasteiger partial charge < -0.3 is 20.5 Å². The molecule has 3 N–H and O–H groups in total. The van der Waals surface area contributed by atoms with Crippen LogP contribution in [0.4, 0.5) is 11.4 Å². The van der Waals surface area contributed by atoms with E-state index in [9.17, 15) is 4.79 Å². The molecule has 1 aliphatic carbocycles. The van der Waals surface area contributed by atoms with Crippen LogP contribution in [0.3, 0.4) is 0 Å². The van der Waals surface area contributed by atoms with Crippen LogP contribution in [0.2, 0.25) is 5.02 Å². The summed E-state index contributed by atoms with van der Waals surface area (Å²) in [5.74, 6) is 0.253. The molecule has 1 aliphatic heterocycles. The van der Waals surface area contributed by atoms with Crippen LogP contribution in [0.1, 0.15) is 25.7 Å². The molecule has 7 heteroatoms. The lowest BCUT2D eigenvalue weighted by Gasteiger charge is -2.35. The zero-order valence-corrected chi connectivity index (χ0v) is 14.5. The number of rotatable bonds is 4. The molecule has 128 valence electrons. The molecule has 2 aromatic rings. The normalized spacial score (nSPS) is 21.2. The number of pyridine rings is 1. The fourth-order valence-corrected chi connectivity index (χ4v) is 3.72. The second kappa shape index (κ2) is 6.26. The monoisotopic (exact) mass is 347 g/mol. The first-order valence-corrected chi connectivity index (χ1v) is 8.94. The Balaban J connectivity index is 1.73. The molecule has 0 bridgehead atoms. The van der Waals surface area contributed by atoms with Crippen LogP contribution < -0.4 is 15.5 Å².